The lowest BCUT2D eigenvalue weighted by molar-refractivity contribution is 0.143. The van der Waals surface area contributed by atoms with Gasteiger partial charge in [-0.1, -0.05) is 31.2 Å². The quantitative estimate of drug-likeness (QED) is 0.256. The monoisotopic (exact) mass is 433 g/mol. The number of nitrogens with zero attached hydrogens (tertiary/aromatic N) is 1. The van der Waals surface area contributed by atoms with Gasteiger partial charge in [0.1, 0.15) is 0 Å². The van der Waals surface area contributed by atoms with Crippen LogP contribution in [0.4, 0.5) is 0 Å². The number of benzene rings is 1. The van der Waals surface area contributed by atoms with E-state index in [1.165, 1.54) is 11.1 Å². The molecule has 0 radical (unpaired) electrons. The second-order valence-electron chi connectivity index (χ2n) is 5.15. The molecule has 0 atom stereocenters. The number of aliphatic imine (C=N–C) groups is 1. The van der Waals surface area contributed by atoms with Gasteiger partial charge in [-0.05, 0) is 44.2 Å². The number of rotatable bonds is 10. The number of nitrogens with one attached hydrogen (secondary N) is 2. The van der Waals surface area contributed by atoms with Crippen LogP contribution in [0, 0.1) is 0 Å². The first-order chi connectivity index (χ1) is 10.8. The number of guanidine groups is 1. The summed E-state index contributed by atoms with van der Waals surface area (Å²) in [4.78, 5) is 4.69. The smallest absolute Gasteiger partial charge is 0.191 e. The number of hydrogen-bond donors (Lipinski definition) is 2. The van der Waals surface area contributed by atoms with Crippen LogP contribution in [-0.4, -0.2) is 32.3 Å². The molecule has 0 bridgehead atoms. The Bertz CT molecular complexity index is 438. The van der Waals surface area contributed by atoms with E-state index in [-0.39, 0.29) is 24.0 Å². The Hall–Kier alpha value is -0.820. The van der Waals surface area contributed by atoms with Gasteiger partial charge in [0.25, 0.3) is 0 Å². The zero-order valence-corrected chi connectivity index (χ0v) is 17.1. The van der Waals surface area contributed by atoms with Crippen LogP contribution >= 0.6 is 24.0 Å². The van der Waals surface area contributed by atoms with E-state index in [1.807, 2.05) is 6.92 Å². The molecule has 23 heavy (non-hydrogen) atoms. The van der Waals surface area contributed by atoms with Crippen LogP contribution in [0.3, 0.4) is 0 Å². The molecule has 132 valence electrons. The zero-order valence-electron chi connectivity index (χ0n) is 14.7. The molecule has 0 saturated carbocycles. The highest BCUT2D eigenvalue weighted by atomic mass is 127. The summed E-state index contributed by atoms with van der Waals surface area (Å²) in [6, 6.07) is 8.51. The third-order valence-electron chi connectivity index (χ3n) is 3.46. The Morgan fingerprint density at radius 3 is 2.43 bits per heavy atom. The topological polar surface area (TPSA) is 45.7 Å². The van der Waals surface area contributed by atoms with Gasteiger partial charge in [-0.3, -0.25) is 0 Å². The van der Waals surface area contributed by atoms with Crippen molar-refractivity contribution >= 4 is 29.9 Å². The fraction of sp³-hybridized carbons (Fsp3) is 0.611. The Morgan fingerprint density at radius 2 is 1.78 bits per heavy atom. The lowest BCUT2D eigenvalue weighted by atomic mass is 10.1. The van der Waals surface area contributed by atoms with Crippen molar-refractivity contribution in [2.45, 2.75) is 46.6 Å². The van der Waals surface area contributed by atoms with Crippen molar-refractivity contribution in [2.75, 3.05) is 26.3 Å². The summed E-state index contributed by atoms with van der Waals surface area (Å²) >= 11 is 0. The summed E-state index contributed by atoms with van der Waals surface area (Å²) in [5.41, 5.74) is 2.68. The Morgan fingerprint density at radius 1 is 1.04 bits per heavy atom. The summed E-state index contributed by atoms with van der Waals surface area (Å²) in [6.45, 7) is 10.5. The van der Waals surface area contributed by atoms with Crippen LogP contribution in [0.1, 0.15) is 44.7 Å². The highest BCUT2D eigenvalue weighted by Crippen LogP contribution is 2.10. The molecule has 0 fully saturated rings. The van der Waals surface area contributed by atoms with E-state index in [4.69, 9.17) is 4.74 Å². The molecule has 1 aromatic rings. The molecule has 0 heterocycles. The molecule has 0 aromatic heterocycles. The summed E-state index contributed by atoms with van der Waals surface area (Å²) < 4.78 is 5.35. The molecular weight excluding hydrogens is 401 g/mol. The molecule has 0 aliphatic carbocycles. The number of unbranched alkanes of at least 4 members (excludes halogenated alkanes) is 1. The lowest BCUT2D eigenvalue weighted by Gasteiger charge is -2.12. The summed E-state index contributed by atoms with van der Waals surface area (Å²) in [7, 11) is 0. The molecule has 5 heteroatoms. The largest absolute Gasteiger partial charge is 0.382 e. The predicted molar refractivity (Wildman–Crippen MR) is 110 cm³/mol. The van der Waals surface area contributed by atoms with Gasteiger partial charge in [0.05, 0.1) is 6.54 Å². The normalized spacial score (nSPS) is 11.0. The molecule has 0 saturated heterocycles. The van der Waals surface area contributed by atoms with E-state index in [0.29, 0.717) is 0 Å². The van der Waals surface area contributed by atoms with Crippen LogP contribution < -0.4 is 10.6 Å². The van der Waals surface area contributed by atoms with E-state index in [2.05, 4.69) is 53.7 Å². The van der Waals surface area contributed by atoms with Crippen molar-refractivity contribution in [1.82, 2.24) is 10.6 Å². The van der Waals surface area contributed by atoms with E-state index >= 15 is 0 Å². The zero-order chi connectivity index (χ0) is 16.0. The minimum Gasteiger partial charge on any atom is -0.382 e. The van der Waals surface area contributed by atoms with Gasteiger partial charge in [0.2, 0.25) is 0 Å². The first-order valence-corrected chi connectivity index (χ1v) is 8.48. The number of halogens is 1. The predicted octanol–water partition coefficient (Wildman–Crippen LogP) is 3.74. The fourth-order valence-corrected chi connectivity index (χ4v) is 2.24. The van der Waals surface area contributed by atoms with Crippen molar-refractivity contribution in [3.05, 3.63) is 35.4 Å². The Labute approximate surface area is 158 Å². The second-order valence-corrected chi connectivity index (χ2v) is 5.15. The first-order valence-electron chi connectivity index (χ1n) is 8.48. The summed E-state index contributed by atoms with van der Waals surface area (Å²) in [5.74, 6) is 0.893. The van der Waals surface area contributed by atoms with Gasteiger partial charge < -0.3 is 15.4 Å². The third-order valence-corrected chi connectivity index (χ3v) is 3.46. The van der Waals surface area contributed by atoms with Gasteiger partial charge in [-0.15, -0.1) is 24.0 Å². The number of hydrogen-bond acceptors (Lipinski definition) is 2. The first kappa shape index (κ1) is 22.2. The second kappa shape index (κ2) is 14.8. The Kier molecular flexibility index (Phi) is 14.2. The highest BCUT2D eigenvalue weighted by molar-refractivity contribution is 14.0. The molecule has 0 aliphatic heterocycles. The lowest BCUT2D eigenvalue weighted by Crippen LogP contribution is -2.37. The number of ether oxygens (including phenoxy) is 1. The minimum atomic E-state index is 0. The molecule has 0 aliphatic rings. The van der Waals surface area contributed by atoms with Crippen LogP contribution in [0.2, 0.25) is 0 Å². The maximum atomic E-state index is 5.35. The molecule has 0 unspecified atom stereocenters. The van der Waals surface area contributed by atoms with Crippen LogP contribution in [0.15, 0.2) is 29.3 Å². The Balaban J connectivity index is 0.00000484. The molecule has 0 amide bonds. The molecule has 4 nitrogen and oxygen atoms in total. The maximum absolute atomic E-state index is 5.35. The van der Waals surface area contributed by atoms with Gasteiger partial charge in [0.15, 0.2) is 5.96 Å². The molecular formula is C18H32IN3O. The van der Waals surface area contributed by atoms with Gasteiger partial charge in [-0.25, -0.2) is 4.99 Å². The van der Waals surface area contributed by atoms with E-state index in [1.54, 1.807) is 0 Å². The molecule has 1 aromatic carbocycles. The van der Waals surface area contributed by atoms with Crippen molar-refractivity contribution < 1.29 is 4.74 Å². The van der Waals surface area contributed by atoms with E-state index in [9.17, 15) is 0 Å². The summed E-state index contributed by atoms with van der Waals surface area (Å²) in [6.07, 6.45) is 3.22. The standard InChI is InChI=1S/C18H31N3O.HI/c1-4-16-11-7-8-12-17(16)15-21-18(19-5-2)20-13-9-10-14-22-6-3;/h7-8,11-12H,4-6,9-10,13-15H2,1-3H3,(H2,19,20,21);1H. The van der Waals surface area contributed by atoms with Crippen molar-refractivity contribution in [3.63, 3.8) is 0 Å². The van der Waals surface area contributed by atoms with Crippen LogP contribution in [-0.2, 0) is 17.7 Å². The van der Waals surface area contributed by atoms with Crippen LogP contribution in [0.25, 0.3) is 0 Å². The van der Waals surface area contributed by atoms with Gasteiger partial charge in [-0.2, -0.15) is 0 Å². The van der Waals surface area contributed by atoms with E-state index in [0.717, 1.165) is 58.1 Å². The van der Waals surface area contributed by atoms with Crippen molar-refractivity contribution in [1.29, 1.82) is 0 Å². The fourth-order valence-electron chi connectivity index (χ4n) is 2.24. The van der Waals surface area contributed by atoms with Gasteiger partial charge >= 0.3 is 0 Å². The molecule has 0 spiro atoms. The summed E-state index contributed by atoms with van der Waals surface area (Å²) in [5, 5.41) is 6.69. The SMILES string of the molecule is CCNC(=NCc1ccccc1CC)NCCCCOCC.I. The highest BCUT2D eigenvalue weighted by Gasteiger charge is 2.01. The average molecular weight is 433 g/mol. The molecule has 1 rings (SSSR count). The van der Waals surface area contributed by atoms with E-state index < -0.39 is 0 Å². The third kappa shape index (κ3) is 9.81. The van der Waals surface area contributed by atoms with Crippen molar-refractivity contribution in [2.24, 2.45) is 4.99 Å². The number of aryl methyl sites for hydroxylation is 1. The van der Waals surface area contributed by atoms with Crippen LogP contribution in [0.5, 0.6) is 0 Å². The van der Waals surface area contributed by atoms with Crippen molar-refractivity contribution in [3.8, 4) is 0 Å². The maximum Gasteiger partial charge on any atom is 0.191 e. The average Bonchev–Trinajstić information content (AvgIpc) is 2.56. The van der Waals surface area contributed by atoms with Gasteiger partial charge in [0, 0.05) is 26.3 Å². The minimum absolute atomic E-state index is 0. The molecule has 2 N–H and O–H groups in total.